The SMILES string of the molecule is CCOc1ncc(-c2cccc(N(C[C@]34CC[C@](c5noc(C(C)(C)C)n5)(CC3)CC4)C(=O)C3CC(C)(O)C3)c2)cn1. The Morgan fingerprint density at radius 3 is 2.31 bits per heavy atom. The van der Waals surface area contributed by atoms with E-state index >= 15 is 0 Å². The minimum Gasteiger partial charge on any atom is -0.464 e. The molecule has 0 saturated heterocycles. The van der Waals surface area contributed by atoms with Crippen molar-refractivity contribution < 1.29 is 19.2 Å². The van der Waals surface area contributed by atoms with E-state index in [0.29, 0.717) is 37.9 Å². The van der Waals surface area contributed by atoms with E-state index in [4.69, 9.17) is 14.2 Å². The van der Waals surface area contributed by atoms with Gasteiger partial charge in [-0.1, -0.05) is 38.1 Å². The van der Waals surface area contributed by atoms with Gasteiger partial charge in [0.05, 0.1) is 12.2 Å². The molecule has 42 heavy (non-hydrogen) atoms. The number of benzene rings is 1. The molecule has 4 fully saturated rings. The number of fused-ring (bicyclic) bond motifs is 3. The molecule has 1 N–H and O–H groups in total. The largest absolute Gasteiger partial charge is 0.464 e. The van der Waals surface area contributed by atoms with Crippen molar-refractivity contribution in [1.29, 1.82) is 0 Å². The molecular weight excluding hydrogens is 530 g/mol. The van der Waals surface area contributed by atoms with Crippen molar-refractivity contribution in [3.8, 4) is 17.1 Å². The lowest BCUT2D eigenvalue weighted by atomic mass is 9.53. The summed E-state index contributed by atoms with van der Waals surface area (Å²) in [7, 11) is 0. The van der Waals surface area contributed by atoms with Gasteiger partial charge >= 0.3 is 6.01 Å². The third-order valence-electron chi connectivity index (χ3n) is 9.82. The van der Waals surface area contributed by atoms with Gasteiger partial charge < -0.3 is 19.3 Å². The molecule has 0 spiro atoms. The number of hydrogen-bond acceptors (Lipinski definition) is 8. The second-order valence-corrected chi connectivity index (χ2v) is 14.2. The van der Waals surface area contributed by atoms with E-state index in [1.165, 1.54) is 0 Å². The number of aliphatic hydroxyl groups is 1. The molecule has 2 aromatic heterocycles. The van der Waals surface area contributed by atoms with Gasteiger partial charge in [-0.25, -0.2) is 9.97 Å². The average molecular weight is 574 g/mol. The van der Waals surface area contributed by atoms with Crippen LogP contribution in [0, 0.1) is 11.3 Å². The zero-order valence-corrected chi connectivity index (χ0v) is 25.5. The van der Waals surface area contributed by atoms with Gasteiger partial charge in [0.1, 0.15) is 0 Å². The van der Waals surface area contributed by atoms with Crippen molar-refractivity contribution >= 4 is 11.6 Å². The molecule has 0 atom stereocenters. The molecule has 224 valence electrons. The van der Waals surface area contributed by atoms with E-state index in [-0.39, 0.29) is 28.1 Å². The Morgan fingerprint density at radius 1 is 1.07 bits per heavy atom. The third kappa shape index (κ3) is 5.43. The molecule has 2 bridgehead atoms. The Bertz CT molecular complexity index is 1410. The van der Waals surface area contributed by atoms with Crippen LogP contribution in [0.2, 0.25) is 0 Å². The Balaban J connectivity index is 1.25. The summed E-state index contributed by atoms with van der Waals surface area (Å²) in [5, 5.41) is 14.9. The monoisotopic (exact) mass is 573 g/mol. The second kappa shape index (κ2) is 10.4. The molecule has 1 aromatic carbocycles. The van der Waals surface area contributed by atoms with Crippen molar-refractivity contribution in [3.63, 3.8) is 0 Å². The molecule has 0 radical (unpaired) electrons. The topological polar surface area (TPSA) is 114 Å². The van der Waals surface area contributed by atoms with Crippen molar-refractivity contribution in [2.45, 2.75) is 102 Å². The molecule has 3 aromatic rings. The predicted molar refractivity (Wildman–Crippen MR) is 159 cm³/mol. The number of rotatable bonds is 8. The highest BCUT2D eigenvalue weighted by atomic mass is 16.5. The summed E-state index contributed by atoms with van der Waals surface area (Å²) < 4.78 is 11.1. The van der Waals surface area contributed by atoms with Crippen LogP contribution in [-0.4, -0.2) is 49.9 Å². The van der Waals surface area contributed by atoms with Gasteiger partial charge in [-0.05, 0) is 88.3 Å². The van der Waals surface area contributed by atoms with Crippen LogP contribution in [0.5, 0.6) is 6.01 Å². The van der Waals surface area contributed by atoms with Gasteiger partial charge in [0, 0.05) is 46.9 Å². The Hall–Kier alpha value is -3.33. The third-order valence-corrected chi connectivity index (χ3v) is 9.82. The minimum atomic E-state index is -0.766. The molecule has 2 heterocycles. The molecule has 9 nitrogen and oxygen atoms in total. The smallest absolute Gasteiger partial charge is 0.316 e. The number of carbonyl (C=O) groups excluding carboxylic acids is 1. The number of anilines is 1. The summed E-state index contributed by atoms with van der Waals surface area (Å²) in [4.78, 5) is 29.6. The minimum absolute atomic E-state index is 0.0379. The zero-order valence-electron chi connectivity index (χ0n) is 25.5. The standard InChI is InChI=1S/C33H43N5O4/c1-6-41-29-34-19-24(20-35-29)22-8-7-9-25(16-22)38(26(39)23-17-31(5,40)18-23)21-32-10-13-33(14-11-32,15-12-32)27-36-28(42-37-27)30(2,3)4/h7-9,16,19-20,23,40H,6,10-15,17-18,21H2,1-5H3/t23?,31?,32-,33+. The van der Waals surface area contributed by atoms with Crippen LogP contribution in [-0.2, 0) is 15.6 Å². The van der Waals surface area contributed by atoms with Crippen LogP contribution in [0.25, 0.3) is 11.1 Å². The quantitative estimate of drug-likeness (QED) is 0.349. The highest BCUT2D eigenvalue weighted by molar-refractivity contribution is 5.96. The van der Waals surface area contributed by atoms with E-state index in [2.05, 4.69) is 42.0 Å². The van der Waals surface area contributed by atoms with Crippen molar-refractivity contribution in [3.05, 3.63) is 48.4 Å². The second-order valence-electron chi connectivity index (χ2n) is 14.2. The maximum Gasteiger partial charge on any atom is 0.316 e. The highest BCUT2D eigenvalue weighted by Gasteiger charge is 2.53. The van der Waals surface area contributed by atoms with E-state index in [0.717, 1.165) is 61.2 Å². The first-order valence-electron chi connectivity index (χ1n) is 15.3. The van der Waals surface area contributed by atoms with E-state index in [1.807, 2.05) is 36.9 Å². The lowest BCUT2D eigenvalue weighted by Gasteiger charge is -2.54. The van der Waals surface area contributed by atoms with Crippen LogP contribution in [0.15, 0.2) is 41.2 Å². The van der Waals surface area contributed by atoms with Gasteiger partial charge in [-0.15, -0.1) is 0 Å². The van der Waals surface area contributed by atoms with Gasteiger partial charge in [-0.3, -0.25) is 4.79 Å². The molecule has 4 aliphatic rings. The average Bonchev–Trinajstić information content (AvgIpc) is 3.48. The molecule has 4 saturated carbocycles. The molecule has 0 unspecified atom stereocenters. The molecule has 4 aliphatic carbocycles. The van der Waals surface area contributed by atoms with Crippen LogP contribution < -0.4 is 9.64 Å². The number of hydrogen-bond donors (Lipinski definition) is 1. The van der Waals surface area contributed by atoms with E-state index in [9.17, 15) is 9.90 Å². The number of aromatic nitrogens is 4. The maximum atomic E-state index is 14.0. The summed E-state index contributed by atoms with van der Waals surface area (Å²) in [5.41, 5.74) is 1.76. The lowest BCUT2D eigenvalue weighted by molar-refractivity contribution is -0.137. The molecule has 9 heteroatoms. The van der Waals surface area contributed by atoms with E-state index in [1.54, 1.807) is 12.4 Å². The fourth-order valence-electron chi connectivity index (χ4n) is 7.13. The normalized spacial score (nSPS) is 28.8. The first-order chi connectivity index (χ1) is 19.9. The number of ether oxygens (including phenoxy) is 1. The first-order valence-corrected chi connectivity index (χ1v) is 15.3. The van der Waals surface area contributed by atoms with Crippen molar-refractivity contribution in [2.24, 2.45) is 11.3 Å². The number of amides is 1. The highest BCUT2D eigenvalue weighted by Crippen LogP contribution is 2.58. The van der Waals surface area contributed by atoms with Crippen LogP contribution >= 0.6 is 0 Å². The number of nitrogens with zero attached hydrogens (tertiary/aromatic N) is 5. The molecule has 0 aliphatic heterocycles. The van der Waals surface area contributed by atoms with Crippen molar-refractivity contribution in [2.75, 3.05) is 18.1 Å². The van der Waals surface area contributed by atoms with Gasteiger partial charge in [0.25, 0.3) is 0 Å². The molecule has 7 rings (SSSR count). The summed E-state index contributed by atoms with van der Waals surface area (Å²) >= 11 is 0. The number of carbonyl (C=O) groups is 1. The Morgan fingerprint density at radius 2 is 1.74 bits per heavy atom. The van der Waals surface area contributed by atoms with Crippen LogP contribution in [0.1, 0.15) is 97.7 Å². The Labute approximate surface area is 248 Å². The molecular formula is C33H43N5O4. The van der Waals surface area contributed by atoms with Gasteiger partial charge in [0.2, 0.25) is 11.8 Å². The van der Waals surface area contributed by atoms with Crippen LogP contribution in [0.4, 0.5) is 5.69 Å². The predicted octanol–water partition coefficient (Wildman–Crippen LogP) is 6.01. The van der Waals surface area contributed by atoms with Crippen molar-refractivity contribution in [1.82, 2.24) is 20.1 Å². The summed E-state index contributed by atoms with van der Waals surface area (Å²) in [6.07, 6.45) is 10.6. The zero-order chi connectivity index (χ0) is 29.8. The molecule has 1 amide bonds. The summed E-state index contributed by atoms with van der Waals surface area (Å²) in [5.74, 6) is 1.48. The first kappa shape index (κ1) is 28.8. The van der Waals surface area contributed by atoms with Gasteiger partial charge in [-0.2, -0.15) is 4.98 Å². The fraction of sp³-hybridized carbons (Fsp3) is 0.606. The Kier molecular flexibility index (Phi) is 7.15. The van der Waals surface area contributed by atoms with E-state index < -0.39 is 5.60 Å². The van der Waals surface area contributed by atoms with Gasteiger partial charge in [0.15, 0.2) is 5.82 Å². The summed E-state index contributed by atoms with van der Waals surface area (Å²) in [6, 6.07) is 8.45. The maximum absolute atomic E-state index is 14.0. The lowest BCUT2D eigenvalue weighted by Crippen LogP contribution is -2.54. The summed E-state index contributed by atoms with van der Waals surface area (Å²) in [6.45, 7) is 11.2. The van der Waals surface area contributed by atoms with Crippen LogP contribution in [0.3, 0.4) is 0 Å². The fourth-order valence-corrected chi connectivity index (χ4v) is 7.13.